The van der Waals surface area contributed by atoms with E-state index in [0.717, 1.165) is 23.2 Å². The molecule has 2 heterocycles. The lowest BCUT2D eigenvalue weighted by molar-refractivity contribution is 0.0690. The molecular weight excluding hydrogens is 268 g/mol. The Morgan fingerprint density at radius 3 is 2.71 bits per heavy atom. The van der Waals surface area contributed by atoms with Crippen molar-refractivity contribution in [3.63, 3.8) is 0 Å². The Bertz CT molecular complexity index is 723. The summed E-state index contributed by atoms with van der Waals surface area (Å²) < 4.78 is 0. The molecule has 0 bridgehead atoms. The molecule has 0 fully saturated rings. The molecule has 1 aliphatic heterocycles. The second-order valence-corrected chi connectivity index (χ2v) is 5.08. The third-order valence-electron chi connectivity index (χ3n) is 3.61. The van der Waals surface area contributed by atoms with E-state index in [1.54, 1.807) is 4.90 Å². The third kappa shape index (κ3) is 2.38. The van der Waals surface area contributed by atoms with Gasteiger partial charge in [-0.3, -0.25) is 4.79 Å². The summed E-state index contributed by atoms with van der Waals surface area (Å²) in [5, 5.41) is 8.83. The first-order chi connectivity index (χ1) is 10.1. The molecule has 0 saturated carbocycles. The molecule has 2 aromatic rings. The van der Waals surface area contributed by atoms with Crippen molar-refractivity contribution in [1.29, 1.82) is 0 Å². The van der Waals surface area contributed by atoms with Crippen LogP contribution >= 0.6 is 0 Å². The summed E-state index contributed by atoms with van der Waals surface area (Å²) in [6.45, 7) is 2.63. The van der Waals surface area contributed by atoms with Crippen LogP contribution in [0.4, 0.5) is 5.69 Å². The molecule has 5 heteroatoms. The highest BCUT2D eigenvalue weighted by molar-refractivity contribution is 6.07. The summed E-state index contributed by atoms with van der Waals surface area (Å²) in [5.41, 5.74) is 3.53. The second kappa shape index (κ2) is 5.01. The minimum atomic E-state index is -1.10. The molecule has 1 N–H and O–H groups in total. The molecule has 1 aromatic carbocycles. The van der Waals surface area contributed by atoms with Crippen molar-refractivity contribution in [2.45, 2.75) is 13.3 Å². The quantitative estimate of drug-likeness (QED) is 0.917. The normalized spacial score (nSPS) is 13.1. The van der Waals surface area contributed by atoms with Crippen LogP contribution in [-0.2, 0) is 6.42 Å². The van der Waals surface area contributed by atoms with E-state index < -0.39 is 5.97 Å². The van der Waals surface area contributed by atoms with Gasteiger partial charge in [0.2, 0.25) is 0 Å². The maximum Gasteiger partial charge on any atom is 0.354 e. The largest absolute Gasteiger partial charge is 0.477 e. The number of anilines is 1. The van der Waals surface area contributed by atoms with Crippen LogP contribution in [0.1, 0.15) is 32.0 Å². The van der Waals surface area contributed by atoms with Crippen LogP contribution in [0, 0.1) is 6.92 Å². The Labute approximate surface area is 121 Å². The maximum atomic E-state index is 12.5. The Hall–Kier alpha value is -2.69. The lowest BCUT2D eigenvalue weighted by Crippen LogP contribution is -2.29. The summed E-state index contributed by atoms with van der Waals surface area (Å²) in [7, 11) is 0. The Morgan fingerprint density at radius 1 is 1.24 bits per heavy atom. The number of benzene rings is 1. The standard InChI is InChI=1S/C16H14N2O3/c1-10-2-3-11-6-7-18(14(11)8-10)15(19)12-4-5-13(16(20)21)17-9-12/h2-5,8-9H,6-7H2,1H3,(H,20,21). The predicted octanol–water partition coefficient (Wildman–Crippen LogP) is 2.29. The summed E-state index contributed by atoms with van der Waals surface area (Å²) >= 11 is 0. The number of hydrogen-bond donors (Lipinski definition) is 1. The second-order valence-electron chi connectivity index (χ2n) is 5.08. The van der Waals surface area contributed by atoms with Crippen LogP contribution in [-0.4, -0.2) is 28.5 Å². The van der Waals surface area contributed by atoms with Gasteiger partial charge < -0.3 is 10.0 Å². The SMILES string of the molecule is Cc1ccc2c(c1)N(C(=O)c1ccc(C(=O)O)nc1)CC2. The van der Waals surface area contributed by atoms with Crippen LogP contribution < -0.4 is 4.90 Å². The predicted molar refractivity (Wildman–Crippen MR) is 77.8 cm³/mol. The van der Waals surface area contributed by atoms with Crippen LogP contribution in [0.3, 0.4) is 0 Å². The average Bonchev–Trinajstić information content (AvgIpc) is 2.89. The van der Waals surface area contributed by atoms with Gasteiger partial charge in [-0.05, 0) is 42.7 Å². The van der Waals surface area contributed by atoms with Crippen LogP contribution in [0.25, 0.3) is 0 Å². The van der Waals surface area contributed by atoms with E-state index in [9.17, 15) is 9.59 Å². The number of hydrogen-bond acceptors (Lipinski definition) is 3. The number of carbonyl (C=O) groups excluding carboxylic acids is 1. The molecule has 0 saturated heterocycles. The molecule has 1 amide bonds. The van der Waals surface area contributed by atoms with E-state index in [4.69, 9.17) is 5.11 Å². The fourth-order valence-electron chi connectivity index (χ4n) is 2.50. The summed E-state index contributed by atoms with van der Waals surface area (Å²) in [4.78, 5) is 28.8. The van der Waals surface area contributed by atoms with E-state index in [0.29, 0.717) is 12.1 Å². The number of fused-ring (bicyclic) bond motifs is 1. The number of aryl methyl sites for hydroxylation is 1. The Morgan fingerprint density at radius 2 is 2.05 bits per heavy atom. The molecule has 1 aliphatic rings. The van der Waals surface area contributed by atoms with Crippen molar-refractivity contribution in [1.82, 2.24) is 4.98 Å². The van der Waals surface area contributed by atoms with Gasteiger partial charge in [-0.2, -0.15) is 0 Å². The summed E-state index contributed by atoms with van der Waals surface area (Å²) in [6, 6.07) is 8.94. The average molecular weight is 282 g/mol. The van der Waals surface area contributed by atoms with Gasteiger partial charge in [0.15, 0.2) is 0 Å². The third-order valence-corrected chi connectivity index (χ3v) is 3.61. The van der Waals surface area contributed by atoms with Crippen molar-refractivity contribution < 1.29 is 14.7 Å². The topological polar surface area (TPSA) is 70.5 Å². The number of pyridine rings is 1. The maximum absolute atomic E-state index is 12.5. The molecular formula is C16H14N2O3. The molecule has 3 rings (SSSR count). The number of aromatic nitrogens is 1. The summed E-state index contributed by atoms with van der Waals surface area (Å²) in [6.07, 6.45) is 2.15. The van der Waals surface area contributed by atoms with Crippen LogP contribution in [0.5, 0.6) is 0 Å². The number of rotatable bonds is 2. The highest BCUT2D eigenvalue weighted by Gasteiger charge is 2.25. The first kappa shape index (κ1) is 13.3. The van der Waals surface area contributed by atoms with Gasteiger partial charge in [-0.25, -0.2) is 9.78 Å². The fraction of sp³-hybridized carbons (Fsp3) is 0.188. The molecule has 1 aromatic heterocycles. The molecule has 21 heavy (non-hydrogen) atoms. The lowest BCUT2D eigenvalue weighted by atomic mass is 10.1. The molecule has 106 valence electrons. The Balaban J connectivity index is 1.90. The smallest absolute Gasteiger partial charge is 0.354 e. The highest BCUT2D eigenvalue weighted by Crippen LogP contribution is 2.30. The van der Waals surface area contributed by atoms with Gasteiger partial charge in [0.1, 0.15) is 5.69 Å². The van der Waals surface area contributed by atoms with Crippen molar-refractivity contribution in [3.8, 4) is 0 Å². The molecule has 5 nitrogen and oxygen atoms in total. The van der Waals surface area contributed by atoms with Crippen molar-refractivity contribution in [3.05, 3.63) is 58.9 Å². The molecule has 0 radical (unpaired) electrons. The minimum absolute atomic E-state index is 0.0655. The molecule has 0 unspecified atom stereocenters. The van der Waals surface area contributed by atoms with Crippen LogP contribution in [0.15, 0.2) is 36.5 Å². The van der Waals surface area contributed by atoms with Crippen LogP contribution in [0.2, 0.25) is 0 Å². The van der Waals surface area contributed by atoms with Gasteiger partial charge in [-0.1, -0.05) is 12.1 Å². The molecule has 0 aliphatic carbocycles. The highest BCUT2D eigenvalue weighted by atomic mass is 16.4. The van der Waals surface area contributed by atoms with Gasteiger partial charge in [0.05, 0.1) is 5.56 Å². The number of carbonyl (C=O) groups is 2. The monoisotopic (exact) mass is 282 g/mol. The van der Waals surface area contributed by atoms with E-state index in [1.807, 2.05) is 25.1 Å². The number of carboxylic acids is 1. The van der Waals surface area contributed by atoms with Crippen molar-refractivity contribution in [2.75, 3.05) is 11.4 Å². The zero-order valence-corrected chi connectivity index (χ0v) is 11.5. The zero-order valence-electron chi connectivity index (χ0n) is 11.5. The number of carboxylic acid groups (broad SMARTS) is 1. The molecule has 0 spiro atoms. The van der Waals surface area contributed by atoms with E-state index >= 15 is 0 Å². The number of aromatic carboxylic acids is 1. The van der Waals surface area contributed by atoms with E-state index in [1.165, 1.54) is 18.3 Å². The minimum Gasteiger partial charge on any atom is -0.477 e. The lowest BCUT2D eigenvalue weighted by Gasteiger charge is -2.17. The van der Waals surface area contributed by atoms with E-state index in [2.05, 4.69) is 4.98 Å². The first-order valence-corrected chi connectivity index (χ1v) is 6.67. The first-order valence-electron chi connectivity index (χ1n) is 6.67. The fourth-order valence-corrected chi connectivity index (χ4v) is 2.50. The number of nitrogens with zero attached hydrogens (tertiary/aromatic N) is 2. The van der Waals surface area contributed by atoms with Gasteiger partial charge in [0.25, 0.3) is 5.91 Å². The molecule has 0 atom stereocenters. The van der Waals surface area contributed by atoms with Gasteiger partial charge in [0, 0.05) is 18.4 Å². The van der Waals surface area contributed by atoms with Crippen molar-refractivity contribution >= 4 is 17.6 Å². The van der Waals surface area contributed by atoms with E-state index in [-0.39, 0.29) is 11.6 Å². The van der Waals surface area contributed by atoms with Crippen molar-refractivity contribution in [2.24, 2.45) is 0 Å². The number of amides is 1. The summed E-state index contributed by atoms with van der Waals surface area (Å²) in [5.74, 6) is -1.25. The van der Waals surface area contributed by atoms with Gasteiger partial charge >= 0.3 is 5.97 Å². The van der Waals surface area contributed by atoms with Gasteiger partial charge in [-0.15, -0.1) is 0 Å². The Kier molecular flexibility index (Phi) is 3.17. The zero-order chi connectivity index (χ0) is 15.0.